The van der Waals surface area contributed by atoms with Crippen molar-refractivity contribution in [1.82, 2.24) is 19.7 Å². The van der Waals surface area contributed by atoms with E-state index in [1.54, 1.807) is 0 Å². The van der Waals surface area contributed by atoms with Gasteiger partial charge in [-0.25, -0.2) is 9.97 Å². The van der Waals surface area contributed by atoms with Gasteiger partial charge in [-0.1, -0.05) is 41.9 Å². The molecule has 0 radical (unpaired) electrons. The van der Waals surface area contributed by atoms with Gasteiger partial charge in [0.15, 0.2) is 0 Å². The Morgan fingerprint density at radius 1 is 0.967 bits per heavy atom. The average molecular weight is 418 g/mol. The van der Waals surface area contributed by atoms with Crippen LogP contribution in [-0.2, 0) is 13.5 Å². The van der Waals surface area contributed by atoms with Crippen LogP contribution in [0.15, 0.2) is 60.9 Å². The highest BCUT2D eigenvalue weighted by Crippen LogP contribution is 2.25. The highest BCUT2D eigenvalue weighted by Gasteiger charge is 2.07. The van der Waals surface area contributed by atoms with Crippen LogP contribution in [0.3, 0.4) is 0 Å². The molecule has 0 spiro atoms. The van der Waals surface area contributed by atoms with Gasteiger partial charge in [-0.05, 0) is 49.1 Å². The van der Waals surface area contributed by atoms with E-state index in [1.807, 2.05) is 56.2 Å². The molecule has 0 amide bonds. The molecule has 4 rings (SSSR count). The maximum Gasteiger partial charge on any atom is 0.130 e. The Kier molecular flexibility index (Phi) is 5.81. The number of hydrogen-bond donors (Lipinski definition) is 1. The monoisotopic (exact) mass is 417 g/mol. The average Bonchev–Trinajstić information content (AvgIpc) is 3.16. The van der Waals surface area contributed by atoms with Gasteiger partial charge in [-0.3, -0.25) is 4.68 Å². The summed E-state index contributed by atoms with van der Waals surface area (Å²) < 4.78 is 1.82. The zero-order chi connectivity index (χ0) is 21.1. The van der Waals surface area contributed by atoms with Crippen molar-refractivity contribution in [3.63, 3.8) is 0 Å². The van der Waals surface area contributed by atoms with Crippen molar-refractivity contribution in [1.29, 1.82) is 0 Å². The lowest BCUT2D eigenvalue weighted by molar-refractivity contribution is 0.768. The van der Waals surface area contributed by atoms with E-state index in [9.17, 15) is 0 Å². The van der Waals surface area contributed by atoms with E-state index < -0.39 is 0 Å². The number of aromatic nitrogens is 4. The van der Waals surface area contributed by atoms with Crippen LogP contribution in [-0.4, -0.2) is 26.3 Å². The molecule has 4 aromatic rings. The highest BCUT2D eigenvalue weighted by molar-refractivity contribution is 6.31. The molecule has 0 unspecified atom stereocenters. The molecule has 2 aromatic heterocycles. The molecule has 0 fully saturated rings. The van der Waals surface area contributed by atoms with Crippen LogP contribution < -0.4 is 5.32 Å². The van der Waals surface area contributed by atoms with Gasteiger partial charge < -0.3 is 5.32 Å². The number of benzene rings is 2. The number of halogens is 1. The Morgan fingerprint density at radius 3 is 2.60 bits per heavy atom. The minimum Gasteiger partial charge on any atom is -0.370 e. The molecule has 2 aromatic carbocycles. The summed E-state index contributed by atoms with van der Waals surface area (Å²) in [4.78, 5) is 9.13. The van der Waals surface area contributed by atoms with Crippen molar-refractivity contribution < 1.29 is 0 Å². The molecular weight excluding hydrogens is 394 g/mol. The van der Waals surface area contributed by atoms with Crippen molar-refractivity contribution in [3.05, 3.63) is 82.9 Å². The lowest BCUT2D eigenvalue weighted by Crippen LogP contribution is -2.08. The third kappa shape index (κ3) is 4.69. The molecule has 1 N–H and O–H groups in total. The lowest BCUT2D eigenvalue weighted by atomic mass is 10.0. The van der Waals surface area contributed by atoms with E-state index in [4.69, 9.17) is 11.6 Å². The molecule has 0 atom stereocenters. The molecule has 6 heteroatoms. The molecule has 0 bridgehead atoms. The van der Waals surface area contributed by atoms with Crippen LogP contribution in [0, 0.1) is 13.8 Å². The van der Waals surface area contributed by atoms with Gasteiger partial charge in [0.1, 0.15) is 11.6 Å². The summed E-state index contributed by atoms with van der Waals surface area (Å²) in [6.45, 7) is 4.69. The molecule has 0 aliphatic heterocycles. The van der Waals surface area contributed by atoms with Gasteiger partial charge in [-0.15, -0.1) is 0 Å². The third-order valence-corrected chi connectivity index (χ3v) is 5.40. The quantitative estimate of drug-likeness (QED) is 0.452. The largest absolute Gasteiger partial charge is 0.370 e. The first kappa shape index (κ1) is 20.1. The second-order valence-corrected chi connectivity index (χ2v) is 7.84. The molecule has 2 heterocycles. The Bertz CT molecular complexity index is 1180. The maximum absolute atomic E-state index is 6.16. The summed E-state index contributed by atoms with van der Waals surface area (Å²) in [5, 5.41) is 8.46. The minimum atomic E-state index is 0.737. The van der Waals surface area contributed by atoms with Crippen LogP contribution in [0.4, 0.5) is 5.82 Å². The van der Waals surface area contributed by atoms with E-state index in [2.05, 4.69) is 50.7 Å². The molecular formula is C24H24ClN5. The van der Waals surface area contributed by atoms with E-state index in [0.29, 0.717) is 0 Å². The molecule has 0 aliphatic rings. The van der Waals surface area contributed by atoms with E-state index >= 15 is 0 Å². The number of rotatable bonds is 6. The third-order valence-electron chi connectivity index (χ3n) is 4.98. The summed E-state index contributed by atoms with van der Waals surface area (Å²) in [5.41, 5.74) is 6.54. The van der Waals surface area contributed by atoms with Gasteiger partial charge in [-0.2, -0.15) is 5.10 Å². The molecule has 5 nitrogen and oxygen atoms in total. The predicted molar refractivity (Wildman–Crippen MR) is 123 cm³/mol. The smallest absolute Gasteiger partial charge is 0.130 e. The second kappa shape index (κ2) is 8.67. The summed E-state index contributed by atoms with van der Waals surface area (Å²) in [6, 6.07) is 16.5. The normalized spacial score (nSPS) is 10.9. The van der Waals surface area contributed by atoms with Crippen LogP contribution in [0.1, 0.15) is 17.0 Å². The number of hydrogen-bond acceptors (Lipinski definition) is 4. The summed E-state index contributed by atoms with van der Waals surface area (Å²) in [6.07, 6.45) is 4.81. The molecule has 0 saturated carbocycles. The lowest BCUT2D eigenvalue weighted by Gasteiger charge is -2.10. The first-order chi connectivity index (χ1) is 14.5. The van der Waals surface area contributed by atoms with E-state index in [-0.39, 0.29) is 0 Å². The number of aryl methyl sites for hydroxylation is 3. The molecule has 30 heavy (non-hydrogen) atoms. The van der Waals surface area contributed by atoms with Gasteiger partial charge in [0.25, 0.3) is 0 Å². The van der Waals surface area contributed by atoms with Gasteiger partial charge >= 0.3 is 0 Å². The van der Waals surface area contributed by atoms with Gasteiger partial charge in [0.2, 0.25) is 0 Å². The number of anilines is 1. The van der Waals surface area contributed by atoms with Gasteiger partial charge in [0.05, 0.1) is 11.9 Å². The topological polar surface area (TPSA) is 55.6 Å². The number of nitrogens with zero attached hydrogens (tertiary/aromatic N) is 4. The first-order valence-electron chi connectivity index (χ1n) is 9.92. The van der Waals surface area contributed by atoms with Crippen molar-refractivity contribution in [2.24, 2.45) is 7.05 Å². The summed E-state index contributed by atoms with van der Waals surface area (Å²) >= 11 is 6.16. The standard InChI is InChI=1S/C24H24ClN5/c1-16-11-20(7-8-22(16)25)23-13-24(29-17(2)28-23)26-10-9-18-5-4-6-19(12-18)21-14-27-30(3)15-21/h4-8,11-15H,9-10H2,1-3H3,(H,26,28,29). The van der Waals surface area contributed by atoms with Gasteiger partial charge in [0, 0.05) is 42.0 Å². The molecule has 152 valence electrons. The van der Waals surface area contributed by atoms with Crippen molar-refractivity contribution in [2.45, 2.75) is 20.3 Å². The van der Waals surface area contributed by atoms with Crippen LogP contribution in [0.2, 0.25) is 5.02 Å². The predicted octanol–water partition coefficient (Wildman–Crippen LogP) is 5.47. The SMILES string of the molecule is Cc1nc(NCCc2cccc(-c3cnn(C)c3)c2)cc(-c2ccc(Cl)c(C)c2)n1. The number of nitrogens with one attached hydrogen (secondary N) is 1. The van der Waals surface area contributed by atoms with Crippen LogP contribution in [0.5, 0.6) is 0 Å². The highest BCUT2D eigenvalue weighted by atomic mass is 35.5. The van der Waals surface area contributed by atoms with Crippen LogP contribution in [0.25, 0.3) is 22.4 Å². The Morgan fingerprint density at radius 2 is 1.83 bits per heavy atom. The second-order valence-electron chi connectivity index (χ2n) is 7.43. The Labute approximate surface area is 181 Å². The fraction of sp³-hybridized carbons (Fsp3) is 0.208. The Hall–Kier alpha value is -3.18. The first-order valence-corrected chi connectivity index (χ1v) is 10.3. The van der Waals surface area contributed by atoms with Crippen molar-refractivity contribution in [3.8, 4) is 22.4 Å². The summed E-state index contributed by atoms with van der Waals surface area (Å²) in [5.74, 6) is 1.56. The minimum absolute atomic E-state index is 0.737. The summed E-state index contributed by atoms with van der Waals surface area (Å²) in [7, 11) is 1.93. The molecule has 0 aliphatic carbocycles. The van der Waals surface area contributed by atoms with E-state index in [1.165, 1.54) is 11.1 Å². The molecule has 0 saturated heterocycles. The maximum atomic E-state index is 6.16. The van der Waals surface area contributed by atoms with Crippen LogP contribution >= 0.6 is 11.6 Å². The van der Waals surface area contributed by atoms with E-state index in [0.717, 1.165) is 52.0 Å². The zero-order valence-corrected chi connectivity index (χ0v) is 18.1. The zero-order valence-electron chi connectivity index (χ0n) is 17.4. The van der Waals surface area contributed by atoms with Crippen molar-refractivity contribution in [2.75, 3.05) is 11.9 Å². The Balaban J connectivity index is 1.45. The van der Waals surface area contributed by atoms with Crippen molar-refractivity contribution >= 4 is 17.4 Å². The fourth-order valence-electron chi connectivity index (χ4n) is 3.42. The fourth-order valence-corrected chi connectivity index (χ4v) is 3.54.